The molecular formula is C22H21Cl2N3O2. The first-order valence-electron chi connectivity index (χ1n) is 9.44. The predicted octanol–water partition coefficient (Wildman–Crippen LogP) is 4.45. The first-order chi connectivity index (χ1) is 13.8. The Morgan fingerprint density at radius 3 is 2.72 bits per heavy atom. The summed E-state index contributed by atoms with van der Waals surface area (Å²) < 4.78 is 0. The largest absolute Gasteiger partial charge is 0.358 e. The van der Waals surface area contributed by atoms with Crippen LogP contribution in [0.2, 0.25) is 10.0 Å². The molecule has 2 N–H and O–H groups in total. The summed E-state index contributed by atoms with van der Waals surface area (Å²) >= 11 is 12.4. The van der Waals surface area contributed by atoms with Crippen LogP contribution >= 0.6 is 23.2 Å². The summed E-state index contributed by atoms with van der Waals surface area (Å²) in [5.41, 5.74) is 4.93. The van der Waals surface area contributed by atoms with E-state index >= 15 is 0 Å². The summed E-state index contributed by atoms with van der Waals surface area (Å²) in [6.07, 6.45) is 0.672. The molecule has 5 nitrogen and oxygen atoms in total. The van der Waals surface area contributed by atoms with E-state index in [9.17, 15) is 9.59 Å². The van der Waals surface area contributed by atoms with Crippen LogP contribution in [0.4, 0.5) is 5.69 Å². The van der Waals surface area contributed by atoms with Crippen molar-refractivity contribution in [3.8, 4) is 0 Å². The Labute approximate surface area is 178 Å². The van der Waals surface area contributed by atoms with Gasteiger partial charge < -0.3 is 10.3 Å². The molecule has 150 valence electrons. The van der Waals surface area contributed by atoms with Crippen LogP contribution in [0, 0.1) is 13.8 Å². The van der Waals surface area contributed by atoms with E-state index in [1.807, 2.05) is 30.9 Å². The van der Waals surface area contributed by atoms with Gasteiger partial charge in [0, 0.05) is 41.2 Å². The quantitative estimate of drug-likeness (QED) is 0.646. The van der Waals surface area contributed by atoms with Crippen molar-refractivity contribution in [2.24, 2.45) is 0 Å². The average Bonchev–Trinajstić information content (AvgIpc) is 2.68. The third-order valence-corrected chi connectivity index (χ3v) is 6.11. The number of nitrogens with one attached hydrogen (secondary N) is 2. The number of aromatic amines is 1. The number of H-pyrrole nitrogens is 1. The number of carbonyl (C=O) groups excluding carboxylic acids is 1. The molecule has 2 aromatic carbocycles. The van der Waals surface area contributed by atoms with Gasteiger partial charge in [0.05, 0.1) is 22.8 Å². The molecule has 3 aromatic rings. The Morgan fingerprint density at radius 1 is 1.17 bits per heavy atom. The van der Waals surface area contributed by atoms with Gasteiger partial charge >= 0.3 is 0 Å². The Bertz CT molecular complexity index is 1190. The third kappa shape index (κ3) is 3.90. The molecule has 0 saturated heterocycles. The second-order valence-electron chi connectivity index (χ2n) is 7.50. The number of halogens is 2. The minimum absolute atomic E-state index is 0.000189. The molecule has 1 amide bonds. The van der Waals surface area contributed by atoms with Gasteiger partial charge in [0.2, 0.25) is 5.91 Å². The summed E-state index contributed by atoms with van der Waals surface area (Å²) in [5, 5.41) is 4.63. The molecule has 1 aliphatic rings. The molecule has 2 heterocycles. The monoisotopic (exact) mass is 429 g/mol. The van der Waals surface area contributed by atoms with Crippen LogP contribution in [0.15, 0.2) is 35.1 Å². The van der Waals surface area contributed by atoms with Crippen molar-refractivity contribution >= 4 is 45.7 Å². The zero-order valence-electron chi connectivity index (χ0n) is 16.2. The first kappa shape index (κ1) is 20.0. The number of hydrogen-bond donors (Lipinski definition) is 2. The molecule has 0 bridgehead atoms. The Morgan fingerprint density at radius 2 is 1.97 bits per heavy atom. The van der Waals surface area contributed by atoms with E-state index in [0.717, 1.165) is 22.3 Å². The highest BCUT2D eigenvalue weighted by Gasteiger charge is 2.23. The van der Waals surface area contributed by atoms with Crippen LogP contribution < -0.4 is 10.7 Å². The van der Waals surface area contributed by atoms with Crippen molar-refractivity contribution in [1.29, 1.82) is 0 Å². The zero-order valence-corrected chi connectivity index (χ0v) is 17.7. The lowest BCUT2D eigenvalue weighted by Crippen LogP contribution is -2.39. The summed E-state index contributed by atoms with van der Waals surface area (Å²) in [5.74, 6) is -0.154. The third-order valence-electron chi connectivity index (χ3n) is 5.38. The van der Waals surface area contributed by atoms with Gasteiger partial charge in [0.1, 0.15) is 0 Å². The Balaban J connectivity index is 1.54. The van der Waals surface area contributed by atoms with Crippen LogP contribution in [0.1, 0.15) is 22.4 Å². The number of amides is 1. The molecular weight excluding hydrogens is 409 g/mol. The topological polar surface area (TPSA) is 65.2 Å². The normalized spacial score (nSPS) is 14.1. The molecule has 1 aliphatic heterocycles. The number of anilines is 1. The van der Waals surface area contributed by atoms with Crippen molar-refractivity contribution < 1.29 is 4.79 Å². The number of nitrogens with zero attached hydrogens (tertiary/aromatic N) is 1. The van der Waals surface area contributed by atoms with E-state index in [0.29, 0.717) is 46.2 Å². The van der Waals surface area contributed by atoms with Gasteiger partial charge in [-0.2, -0.15) is 0 Å². The number of hydrogen-bond acceptors (Lipinski definition) is 3. The SMILES string of the molecule is Cc1ccc(NC(=O)CN2CCc3[nH]c4c(C)c(Cl)ccc4c(=O)c3C2)c(Cl)c1. The molecule has 0 unspecified atom stereocenters. The van der Waals surface area contributed by atoms with Crippen molar-refractivity contribution in [3.05, 3.63) is 73.0 Å². The predicted molar refractivity (Wildman–Crippen MR) is 118 cm³/mol. The van der Waals surface area contributed by atoms with E-state index in [1.54, 1.807) is 18.2 Å². The minimum atomic E-state index is -0.154. The standard InChI is InChI=1S/C22H21Cl2N3O2/c1-12-3-6-19(17(24)9-12)25-20(28)11-27-8-7-18-15(10-27)22(29)14-4-5-16(23)13(2)21(14)26-18/h3-6,9H,7-8,10-11H2,1-2H3,(H,25,28)(H,26,29). The molecule has 0 fully saturated rings. The van der Waals surface area contributed by atoms with Crippen molar-refractivity contribution in [1.82, 2.24) is 9.88 Å². The zero-order chi connectivity index (χ0) is 20.7. The maximum atomic E-state index is 13.0. The lowest BCUT2D eigenvalue weighted by molar-refractivity contribution is -0.117. The van der Waals surface area contributed by atoms with Crippen LogP contribution in [0.3, 0.4) is 0 Å². The fraction of sp³-hybridized carbons (Fsp3) is 0.273. The van der Waals surface area contributed by atoms with E-state index < -0.39 is 0 Å². The summed E-state index contributed by atoms with van der Waals surface area (Å²) in [6, 6.07) is 9.02. The molecule has 4 rings (SSSR count). The second kappa shape index (κ2) is 7.82. The van der Waals surface area contributed by atoms with Crippen molar-refractivity contribution in [2.45, 2.75) is 26.8 Å². The highest BCUT2D eigenvalue weighted by atomic mass is 35.5. The fourth-order valence-electron chi connectivity index (χ4n) is 3.76. The summed E-state index contributed by atoms with van der Waals surface area (Å²) in [4.78, 5) is 30.9. The van der Waals surface area contributed by atoms with Gasteiger partial charge in [-0.1, -0.05) is 29.3 Å². The van der Waals surface area contributed by atoms with Gasteiger partial charge in [-0.15, -0.1) is 0 Å². The highest BCUT2D eigenvalue weighted by Crippen LogP contribution is 2.26. The van der Waals surface area contributed by atoms with Gasteiger partial charge in [-0.25, -0.2) is 0 Å². The summed E-state index contributed by atoms with van der Waals surface area (Å²) in [7, 11) is 0. The van der Waals surface area contributed by atoms with Gasteiger partial charge in [-0.05, 0) is 49.2 Å². The van der Waals surface area contributed by atoms with Crippen molar-refractivity contribution in [3.63, 3.8) is 0 Å². The number of pyridine rings is 1. The van der Waals surface area contributed by atoms with E-state index in [2.05, 4.69) is 10.3 Å². The number of aryl methyl sites for hydroxylation is 2. The molecule has 7 heteroatoms. The number of benzene rings is 2. The number of aromatic nitrogens is 1. The van der Waals surface area contributed by atoms with Crippen molar-refractivity contribution in [2.75, 3.05) is 18.4 Å². The lowest BCUT2D eigenvalue weighted by Gasteiger charge is -2.28. The molecule has 0 radical (unpaired) electrons. The van der Waals surface area contributed by atoms with Gasteiger partial charge in [0.25, 0.3) is 0 Å². The van der Waals surface area contributed by atoms with Crippen LogP contribution in [0.5, 0.6) is 0 Å². The maximum Gasteiger partial charge on any atom is 0.238 e. The van der Waals surface area contributed by atoms with E-state index in [4.69, 9.17) is 23.2 Å². The number of fused-ring (bicyclic) bond motifs is 2. The van der Waals surface area contributed by atoms with E-state index in [-0.39, 0.29) is 17.9 Å². The van der Waals surface area contributed by atoms with E-state index in [1.165, 1.54) is 0 Å². The molecule has 0 atom stereocenters. The first-order valence-corrected chi connectivity index (χ1v) is 10.2. The molecule has 0 saturated carbocycles. The minimum Gasteiger partial charge on any atom is -0.358 e. The van der Waals surface area contributed by atoms with Crippen LogP contribution in [0.25, 0.3) is 10.9 Å². The maximum absolute atomic E-state index is 13.0. The molecule has 0 spiro atoms. The lowest BCUT2D eigenvalue weighted by atomic mass is 10.0. The number of rotatable bonds is 3. The average molecular weight is 430 g/mol. The van der Waals surface area contributed by atoms with Gasteiger partial charge in [-0.3, -0.25) is 14.5 Å². The summed E-state index contributed by atoms with van der Waals surface area (Å²) in [6.45, 7) is 5.16. The van der Waals surface area contributed by atoms with Crippen LogP contribution in [-0.2, 0) is 17.8 Å². The molecule has 1 aromatic heterocycles. The second-order valence-corrected chi connectivity index (χ2v) is 8.31. The Kier molecular flexibility index (Phi) is 5.38. The highest BCUT2D eigenvalue weighted by molar-refractivity contribution is 6.33. The smallest absolute Gasteiger partial charge is 0.238 e. The molecule has 0 aliphatic carbocycles. The van der Waals surface area contributed by atoms with Gasteiger partial charge in [0.15, 0.2) is 5.43 Å². The fourth-order valence-corrected chi connectivity index (χ4v) is 4.20. The van der Waals surface area contributed by atoms with Crippen LogP contribution in [-0.4, -0.2) is 28.9 Å². The Hall–Kier alpha value is -2.34. The number of carbonyl (C=O) groups is 1. The molecule has 29 heavy (non-hydrogen) atoms.